The summed E-state index contributed by atoms with van der Waals surface area (Å²) in [5, 5.41) is 0. The average Bonchev–Trinajstić information content (AvgIpc) is 3.11. The van der Waals surface area contributed by atoms with Gasteiger partial charge in [0.1, 0.15) is 11.9 Å². The Morgan fingerprint density at radius 1 is 1.17 bits per heavy atom. The molecule has 0 amide bonds. The van der Waals surface area contributed by atoms with Gasteiger partial charge in [0.15, 0.2) is 0 Å². The highest BCUT2D eigenvalue weighted by Crippen LogP contribution is 2.33. The summed E-state index contributed by atoms with van der Waals surface area (Å²) in [4.78, 5) is 23.0. The largest absolute Gasteiger partial charge is 0.455 e. The Bertz CT molecular complexity index is 896. The Balaban J connectivity index is 1.65. The van der Waals surface area contributed by atoms with E-state index in [-0.39, 0.29) is 12.1 Å². The first-order chi connectivity index (χ1) is 14.5. The second kappa shape index (κ2) is 9.92. The monoisotopic (exact) mass is 406 g/mol. The Morgan fingerprint density at radius 2 is 1.80 bits per heavy atom. The number of hydrogen-bond donors (Lipinski definition) is 0. The summed E-state index contributed by atoms with van der Waals surface area (Å²) in [6.45, 7) is 9.22. The van der Waals surface area contributed by atoms with Gasteiger partial charge in [0, 0.05) is 24.5 Å². The summed E-state index contributed by atoms with van der Waals surface area (Å²) in [6.07, 6.45) is 3.27. The number of esters is 2. The van der Waals surface area contributed by atoms with Crippen LogP contribution < -0.4 is 4.74 Å². The molecule has 3 rings (SSSR count). The number of cyclic esters (lactones) is 1. The van der Waals surface area contributed by atoms with Crippen LogP contribution in [0, 0.1) is 0 Å². The quantitative estimate of drug-likeness (QED) is 0.312. The van der Waals surface area contributed by atoms with Crippen LogP contribution in [-0.4, -0.2) is 18.2 Å². The second-order valence-electron chi connectivity index (χ2n) is 7.18. The van der Waals surface area contributed by atoms with Gasteiger partial charge in [-0.2, -0.15) is 0 Å². The van der Waals surface area contributed by atoms with Crippen molar-refractivity contribution in [3.63, 3.8) is 0 Å². The minimum atomic E-state index is -0.635. The van der Waals surface area contributed by atoms with Gasteiger partial charge in [0.2, 0.25) is 6.29 Å². The zero-order valence-electron chi connectivity index (χ0n) is 17.1. The van der Waals surface area contributed by atoms with Gasteiger partial charge in [-0.1, -0.05) is 62.9 Å². The van der Waals surface area contributed by atoms with Gasteiger partial charge < -0.3 is 14.2 Å². The number of carbonyl (C=O) groups excluding carboxylic acids is 2. The third kappa shape index (κ3) is 5.38. The molecule has 1 aliphatic rings. The maximum atomic E-state index is 11.5. The number of rotatable bonds is 9. The van der Waals surface area contributed by atoms with Crippen LogP contribution in [0.4, 0.5) is 0 Å². The first-order valence-corrected chi connectivity index (χ1v) is 10.1. The summed E-state index contributed by atoms with van der Waals surface area (Å²) >= 11 is 0. The van der Waals surface area contributed by atoms with Crippen molar-refractivity contribution in [3.8, 4) is 16.9 Å². The lowest BCUT2D eigenvalue weighted by atomic mass is 10.00. The van der Waals surface area contributed by atoms with Gasteiger partial charge in [-0.3, -0.25) is 0 Å². The van der Waals surface area contributed by atoms with E-state index in [1.54, 1.807) is 0 Å². The standard InChI is InChI=1S/C25H26O5/c1-4-6-7-24(30-23(26)5-2)28-21-14-12-19(13-15-21)18-8-10-20(11-9-18)22-16-17(3)25(27)29-22/h5,8-15,22,24H,2-4,6-7,16H2,1H3. The molecule has 0 radical (unpaired) electrons. The van der Waals surface area contributed by atoms with Crippen LogP contribution in [0.5, 0.6) is 5.75 Å². The van der Waals surface area contributed by atoms with Crippen LogP contribution in [-0.2, 0) is 19.1 Å². The lowest BCUT2D eigenvalue weighted by Gasteiger charge is -2.18. The van der Waals surface area contributed by atoms with Crippen molar-refractivity contribution in [2.45, 2.75) is 45.0 Å². The third-order valence-corrected chi connectivity index (χ3v) is 4.92. The summed E-state index contributed by atoms with van der Waals surface area (Å²) < 4.78 is 16.4. The Kier molecular flexibility index (Phi) is 7.07. The van der Waals surface area contributed by atoms with E-state index in [2.05, 4.69) is 20.1 Å². The van der Waals surface area contributed by atoms with E-state index in [0.717, 1.165) is 35.6 Å². The molecule has 0 aromatic heterocycles. The molecule has 0 bridgehead atoms. The minimum Gasteiger partial charge on any atom is -0.455 e. The van der Waals surface area contributed by atoms with Gasteiger partial charge >= 0.3 is 11.9 Å². The summed E-state index contributed by atoms with van der Waals surface area (Å²) in [7, 11) is 0. The fourth-order valence-corrected chi connectivity index (χ4v) is 3.21. The zero-order chi connectivity index (χ0) is 21.5. The highest BCUT2D eigenvalue weighted by molar-refractivity contribution is 5.90. The van der Waals surface area contributed by atoms with Crippen molar-refractivity contribution in [1.82, 2.24) is 0 Å². The van der Waals surface area contributed by atoms with Gasteiger partial charge in [-0.05, 0) is 35.2 Å². The van der Waals surface area contributed by atoms with Crippen LogP contribution in [0.15, 0.2) is 73.3 Å². The number of unbranched alkanes of at least 4 members (excludes halogenated alkanes) is 1. The molecule has 5 heteroatoms. The summed E-state index contributed by atoms with van der Waals surface area (Å²) in [6, 6.07) is 15.5. The molecule has 0 N–H and O–H groups in total. The predicted molar refractivity (Wildman–Crippen MR) is 115 cm³/mol. The Labute approximate surface area is 177 Å². The van der Waals surface area contributed by atoms with Crippen molar-refractivity contribution in [2.24, 2.45) is 0 Å². The molecule has 5 nitrogen and oxygen atoms in total. The van der Waals surface area contributed by atoms with E-state index in [1.165, 1.54) is 0 Å². The maximum Gasteiger partial charge on any atom is 0.334 e. The molecule has 0 saturated carbocycles. The Morgan fingerprint density at radius 3 is 2.33 bits per heavy atom. The average molecular weight is 406 g/mol. The number of carbonyl (C=O) groups is 2. The fraction of sp³-hybridized carbons (Fsp3) is 0.280. The smallest absolute Gasteiger partial charge is 0.334 e. The van der Waals surface area contributed by atoms with Gasteiger partial charge in [-0.25, -0.2) is 9.59 Å². The molecule has 2 aromatic rings. The topological polar surface area (TPSA) is 61.8 Å². The molecular formula is C25H26O5. The number of hydrogen-bond acceptors (Lipinski definition) is 5. The second-order valence-corrected chi connectivity index (χ2v) is 7.18. The van der Waals surface area contributed by atoms with E-state index in [0.29, 0.717) is 24.2 Å². The number of benzene rings is 2. The lowest BCUT2D eigenvalue weighted by molar-refractivity contribution is -0.158. The number of ether oxygens (including phenoxy) is 3. The van der Waals surface area contributed by atoms with Crippen molar-refractivity contribution >= 4 is 11.9 Å². The SMILES string of the molecule is C=CC(=O)OC(CCCC)Oc1ccc(-c2ccc(C3CC(=C)C(=O)O3)cc2)cc1. The zero-order valence-corrected chi connectivity index (χ0v) is 17.1. The van der Waals surface area contributed by atoms with Gasteiger partial charge in [0.25, 0.3) is 0 Å². The molecule has 156 valence electrons. The lowest BCUT2D eigenvalue weighted by Crippen LogP contribution is -2.23. The van der Waals surface area contributed by atoms with Gasteiger partial charge in [0.05, 0.1) is 0 Å². The van der Waals surface area contributed by atoms with Crippen LogP contribution in [0.1, 0.15) is 44.3 Å². The molecule has 2 aromatic carbocycles. The van der Waals surface area contributed by atoms with E-state index in [9.17, 15) is 9.59 Å². The van der Waals surface area contributed by atoms with Crippen molar-refractivity contribution in [2.75, 3.05) is 0 Å². The highest BCUT2D eigenvalue weighted by atomic mass is 16.7. The van der Waals surface area contributed by atoms with Crippen LogP contribution in [0.2, 0.25) is 0 Å². The maximum absolute atomic E-state index is 11.5. The molecule has 1 aliphatic heterocycles. The molecule has 1 heterocycles. The molecule has 2 unspecified atom stereocenters. The summed E-state index contributed by atoms with van der Waals surface area (Å²) in [5.74, 6) is -0.190. The fourth-order valence-electron chi connectivity index (χ4n) is 3.21. The predicted octanol–water partition coefficient (Wildman–Crippen LogP) is 5.52. The van der Waals surface area contributed by atoms with Crippen molar-refractivity contribution < 1.29 is 23.8 Å². The van der Waals surface area contributed by atoms with Crippen molar-refractivity contribution in [3.05, 3.63) is 78.9 Å². The minimum absolute atomic E-state index is 0.256. The van der Waals surface area contributed by atoms with Crippen LogP contribution >= 0.6 is 0 Å². The van der Waals surface area contributed by atoms with E-state index < -0.39 is 12.3 Å². The van der Waals surface area contributed by atoms with E-state index in [4.69, 9.17) is 14.2 Å². The van der Waals surface area contributed by atoms with Crippen LogP contribution in [0.3, 0.4) is 0 Å². The third-order valence-electron chi connectivity index (χ3n) is 4.92. The van der Waals surface area contributed by atoms with Crippen molar-refractivity contribution in [1.29, 1.82) is 0 Å². The first kappa shape index (κ1) is 21.4. The normalized spacial score (nSPS) is 16.6. The molecule has 1 fully saturated rings. The molecule has 2 atom stereocenters. The highest BCUT2D eigenvalue weighted by Gasteiger charge is 2.28. The molecular weight excluding hydrogens is 380 g/mol. The molecule has 0 aliphatic carbocycles. The first-order valence-electron chi connectivity index (χ1n) is 10.1. The molecule has 1 saturated heterocycles. The van der Waals surface area contributed by atoms with E-state index in [1.807, 2.05) is 48.5 Å². The van der Waals surface area contributed by atoms with E-state index >= 15 is 0 Å². The molecule has 0 spiro atoms. The Hall–Kier alpha value is -3.34. The van der Waals surface area contributed by atoms with Gasteiger partial charge in [-0.15, -0.1) is 0 Å². The van der Waals surface area contributed by atoms with Crippen LogP contribution in [0.25, 0.3) is 11.1 Å². The summed E-state index contributed by atoms with van der Waals surface area (Å²) in [5.41, 5.74) is 3.52. The molecule has 30 heavy (non-hydrogen) atoms.